The molecule has 5 heteroatoms. The molecule has 0 bridgehead atoms. The van der Waals surface area contributed by atoms with E-state index in [1.54, 1.807) is 43.3 Å². The molecule has 0 amide bonds. The minimum absolute atomic E-state index is 0.248. The van der Waals surface area contributed by atoms with Gasteiger partial charge in [-0.15, -0.1) is 0 Å². The summed E-state index contributed by atoms with van der Waals surface area (Å²) in [4.78, 5) is 0. The molecule has 0 radical (unpaired) electrons. The van der Waals surface area contributed by atoms with E-state index in [0.29, 0.717) is 21.7 Å². The number of rotatable bonds is 5. The summed E-state index contributed by atoms with van der Waals surface area (Å²) in [6, 6.07) is 12.9. The van der Waals surface area contributed by atoms with Crippen LogP contribution in [0.1, 0.15) is 35.8 Å². The first-order valence-electron chi connectivity index (χ1n) is 6.88. The van der Waals surface area contributed by atoms with Crippen molar-refractivity contribution in [3.63, 3.8) is 0 Å². The fraction of sp³-hybridized carbons (Fsp3) is 0.235. The first-order valence-corrected chi connectivity index (χ1v) is 7.26. The Labute approximate surface area is 134 Å². The lowest BCUT2D eigenvalue weighted by Crippen LogP contribution is -2.25. The lowest BCUT2D eigenvalue weighted by atomic mass is 10.1. The van der Waals surface area contributed by atoms with Gasteiger partial charge in [-0.3, -0.25) is 0 Å². The number of nitrogens with one attached hydrogen (secondary N) is 1. The Kier molecular flexibility index (Phi) is 5.51. The predicted octanol–water partition coefficient (Wildman–Crippen LogP) is 3.73. The second kappa shape index (κ2) is 7.37. The Hall–Kier alpha value is -1.93. The fourth-order valence-electron chi connectivity index (χ4n) is 2.21. The van der Waals surface area contributed by atoms with E-state index in [-0.39, 0.29) is 18.4 Å². The van der Waals surface area contributed by atoms with E-state index in [2.05, 4.69) is 5.32 Å². The summed E-state index contributed by atoms with van der Waals surface area (Å²) in [6.07, 6.45) is -0.749. The highest BCUT2D eigenvalue weighted by Gasteiger charge is 2.16. The third-order valence-corrected chi connectivity index (χ3v) is 3.80. The van der Waals surface area contributed by atoms with Gasteiger partial charge in [-0.2, -0.15) is 5.26 Å². The van der Waals surface area contributed by atoms with Crippen molar-refractivity contribution >= 4 is 11.6 Å². The molecule has 2 aromatic rings. The monoisotopic (exact) mass is 318 g/mol. The first-order chi connectivity index (χ1) is 10.5. The lowest BCUT2D eigenvalue weighted by molar-refractivity contribution is 0.170. The molecule has 2 atom stereocenters. The summed E-state index contributed by atoms with van der Waals surface area (Å²) in [7, 11) is 0. The molecule has 0 saturated carbocycles. The Balaban J connectivity index is 2.01. The first kappa shape index (κ1) is 16.4. The zero-order valence-electron chi connectivity index (χ0n) is 12.1. The van der Waals surface area contributed by atoms with Gasteiger partial charge < -0.3 is 10.4 Å². The molecule has 0 fully saturated rings. The summed E-state index contributed by atoms with van der Waals surface area (Å²) >= 11 is 6.02. The molecule has 0 aliphatic rings. The van der Waals surface area contributed by atoms with Crippen LogP contribution in [0.4, 0.5) is 4.39 Å². The molecule has 2 aromatic carbocycles. The van der Waals surface area contributed by atoms with Crippen molar-refractivity contribution in [1.82, 2.24) is 5.32 Å². The third kappa shape index (κ3) is 3.83. The van der Waals surface area contributed by atoms with Crippen LogP contribution in [0, 0.1) is 17.1 Å². The number of nitrogens with zero attached hydrogens (tertiary/aromatic N) is 1. The molecule has 2 N–H and O–H groups in total. The average Bonchev–Trinajstić information content (AvgIpc) is 2.52. The van der Waals surface area contributed by atoms with E-state index in [1.807, 2.05) is 6.07 Å². The minimum atomic E-state index is -0.749. The number of hydrogen-bond donors (Lipinski definition) is 2. The van der Waals surface area contributed by atoms with Crippen molar-refractivity contribution in [2.24, 2.45) is 0 Å². The summed E-state index contributed by atoms with van der Waals surface area (Å²) < 4.78 is 13.8. The van der Waals surface area contributed by atoms with Crippen molar-refractivity contribution in [1.29, 1.82) is 5.26 Å². The van der Waals surface area contributed by atoms with Crippen LogP contribution in [-0.4, -0.2) is 11.7 Å². The van der Waals surface area contributed by atoms with Gasteiger partial charge in [0.1, 0.15) is 5.82 Å². The SMILES string of the molecule is CC(NCC(O)c1ccc(C#N)cc1)c1c(F)cccc1Cl. The van der Waals surface area contributed by atoms with E-state index >= 15 is 0 Å². The molecule has 3 nitrogen and oxygen atoms in total. The van der Waals surface area contributed by atoms with Gasteiger partial charge in [0.25, 0.3) is 0 Å². The standard InChI is InChI=1S/C17H16ClFN2O/c1-11(17-14(18)3-2-4-15(17)19)21-10-16(22)13-7-5-12(9-20)6-8-13/h2-8,11,16,21-22H,10H2,1H3. The number of nitriles is 1. The molecule has 0 spiro atoms. The van der Waals surface area contributed by atoms with Crippen LogP contribution in [0.15, 0.2) is 42.5 Å². The summed E-state index contributed by atoms with van der Waals surface area (Å²) in [5.74, 6) is -0.375. The normalized spacial score (nSPS) is 13.4. The maximum absolute atomic E-state index is 13.8. The largest absolute Gasteiger partial charge is 0.387 e. The Morgan fingerprint density at radius 3 is 2.55 bits per heavy atom. The van der Waals surface area contributed by atoms with Crippen LogP contribution in [0.3, 0.4) is 0 Å². The Bertz CT molecular complexity index is 662. The van der Waals surface area contributed by atoms with Crippen LogP contribution in [0.5, 0.6) is 0 Å². The van der Waals surface area contributed by atoms with E-state index in [0.717, 1.165) is 0 Å². The van der Waals surface area contributed by atoms with Gasteiger partial charge in [0, 0.05) is 23.2 Å². The Morgan fingerprint density at radius 2 is 1.95 bits per heavy atom. The van der Waals surface area contributed by atoms with E-state index in [4.69, 9.17) is 16.9 Å². The molecule has 0 aromatic heterocycles. The molecule has 114 valence electrons. The van der Waals surface area contributed by atoms with Crippen molar-refractivity contribution in [2.75, 3.05) is 6.54 Å². The number of halogens is 2. The van der Waals surface area contributed by atoms with Gasteiger partial charge in [-0.1, -0.05) is 29.8 Å². The quantitative estimate of drug-likeness (QED) is 0.883. The predicted molar refractivity (Wildman–Crippen MR) is 83.9 cm³/mol. The molecule has 0 aliphatic carbocycles. The van der Waals surface area contributed by atoms with Crippen molar-refractivity contribution in [3.05, 3.63) is 70.0 Å². The van der Waals surface area contributed by atoms with Crippen LogP contribution in [0.2, 0.25) is 5.02 Å². The van der Waals surface area contributed by atoms with Crippen molar-refractivity contribution < 1.29 is 9.50 Å². The molecular formula is C17H16ClFN2O. The van der Waals surface area contributed by atoms with E-state index in [1.165, 1.54) is 6.07 Å². The maximum atomic E-state index is 13.8. The van der Waals surface area contributed by atoms with Crippen molar-refractivity contribution in [3.8, 4) is 6.07 Å². The zero-order valence-corrected chi connectivity index (χ0v) is 12.8. The highest BCUT2D eigenvalue weighted by atomic mass is 35.5. The van der Waals surface area contributed by atoms with Crippen LogP contribution < -0.4 is 5.32 Å². The topological polar surface area (TPSA) is 56.0 Å². The second-order valence-corrected chi connectivity index (χ2v) is 5.42. The number of hydrogen-bond acceptors (Lipinski definition) is 3. The molecule has 0 heterocycles. The van der Waals surface area contributed by atoms with E-state index < -0.39 is 6.10 Å². The zero-order chi connectivity index (χ0) is 16.1. The van der Waals surface area contributed by atoms with Crippen molar-refractivity contribution in [2.45, 2.75) is 19.1 Å². The number of aliphatic hydroxyl groups is 1. The molecule has 2 rings (SSSR count). The van der Waals surface area contributed by atoms with Gasteiger partial charge >= 0.3 is 0 Å². The van der Waals surface area contributed by atoms with Crippen LogP contribution in [0.25, 0.3) is 0 Å². The highest BCUT2D eigenvalue weighted by molar-refractivity contribution is 6.31. The number of aliphatic hydroxyl groups excluding tert-OH is 1. The maximum Gasteiger partial charge on any atom is 0.129 e. The van der Waals surface area contributed by atoms with Gasteiger partial charge in [0.15, 0.2) is 0 Å². The summed E-state index contributed by atoms with van der Waals surface area (Å²) in [5.41, 5.74) is 1.62. The van der Waals surface area contributed by atoms with Gasteiger partial charge in [-0.05, 0) is 36.8 Å². The molecule has 0 saturated heterocycles. The average molecular weight is 319 g/mol. The minimum Gasteiger partial charge on any atom is -0.387 e. The second-order valence-electron chi connectivity index (χ2n) is 5.01. The summed E-state index contributed by atoms with van der Waals surface area (Å²) in [5, 5.41) is 22.3. The van der Waals surface area contributed by atoms with E-state index in [9.17, 15) is 9.50 Å². The fourth-order valence-corrected chi connectivity index (χ4v) is 2.54. The molecule has 0 aliphatic heterocycles. The van der Waals surface area contributed by atoms with Crippen LogP contribution >= 0.6 is 11.6 Å². The van der Waals surface area contributed by atoms with Gasteiger partial charge in [-0.25, -0.2) is 4.39 Å². The number of benzene rings is 2. The van der Waals surface area contributed by atoms with Gasteiger partial charge in [0.05, 0.1) is 17.7 Å². The lowest BCUT2D eigenvalue weighted by Gasteiger charge is -2.19. The van der Waals surface area contributed by atoms with Crippen LogP contribution in [-0.2, 0) is 0 Å². The molecular weight excluding hydrogens is 303 g/mol. The third-order valence-electron chi connectivity index (χ3n) is 3.47. The Morgan fingerprint density at radius 1 is 1.27 bits per heavy atom. The summed E-state index contributed by atoms with van der Waals surface area (Å²) in [6.45, 7) is 2.04. The van der Waals surface area contributed by atoms with Gasteiger partial charge in [0.2, 0.25) is 0 Å². The molecule has 22 heavy (non-hydrogen) atoms. The smallest absolute Gasteiger partial charge is 0.129 e. The highest BCUT2D eigenvalue weighted by Crippen LogP contribution is 2.26. The molecule has 2 unspecified atom stereocenters.